The zero-order valence-corrected chi connectivity index (χ0v) is 13.2. The van der Waals surface area contributed by atoms with Gasteiger partial charge in [-0.05, 0) is 26.1 Å². The van der Waals surface area contributed by atoms with Crippen LogP contribution in [-0.2, 0) is 0 Å². The zero-order valence-electron chi connectivity index (χ0n) is 10.1. The van der Waals surface area contributed by atoms with Crippen LogP contribution in [0.5, 0.6) is 5.88 Å². The van der Waals surface area contributed by atoms with Crippen molar-refractivity contribution in [2.45, 2.75) is 20.0 Å². The van der Waals surface area contributed by atoms with Crippen LogP contribution in [0.3, 0.4) is 0 Å². The minimum Gasteiger partial charge on any atom is -0.473 e. The standard InChI is InChI=1S/C11H15N3OS.HI/c1-8(2)15-11-10(12-16-13-11)9-5-4-6-14(3)7-9;/h4-6,8H,7H2,1-3H3;1H. The van der Waals surface area contributed by atoms with Crippen molar-refractivity contribution in [2.75, 3.05) is 13.6 Å². The number of hydrogen-bond acceptors (Lipinski definition) is 5. The van der Waals surface area contributed by atoms with E-state index in [1.807, 2.05) is 33.2 Å². The molecule has 0 bridgehead atoms. The first kappa shape index (κ1) is 14.4. The zero-order chi connectivity index (χ0) is 11.5. The van der Waals surface area contributed by atoms with Crippen molar-refractivity contribution in [3.63, 3.8) is 0 Å². The maximum Gasteiger partial charge on any atom is 0.253 e. The molecule has 0 saturated carbocycles. The minimum absolute atomic E-state index is 0. The van der Waals surface area contributed by atoms with Gasteiger partial charge in [-0.1, -0.05) is 6.08 Å². The normalized spacial score (nSPS) is 14.6. The number of allylic oxidation sites excluding steroid dienone is 2. The predicted molar refractivity (Wildman–Crippen MR) is 80.8 cm³/mol. The molecule has 1 aromatic heterocycles. The molecule has 1 aromatic rings. The lowest BCUT2D eigenvalue weighted by Gasteiger charge is -2.19. The summed E-state index contributed by atoms with van der Waals surface area (Å²) < 4.78 is 14.1. The third kappa shape index (κ3) is 3.67. The Hall–Kier alpha value is -0.630. The number of aromatic nitrogens is 2. The van der Waals surface area contributed by atoms with E-state index >= 15 is 0 Å². The summed E-state index contributed by atoms with van der Waals surface area (Å²) in [5, 5.41) is 0. The lowest BCUT2D eigenvalue weighted by atomic mass is 10.1. The summed E-state index contributed by atoms with van der Waals surface area (Å²) in [4.78, 5) is 2.10. The van der Waals surface area contributed by atoms with Crippen LogP contribution in [0.2, 0.25) is 0 Å². The fourth-order valence-electron chi connectivity index (χ4n) is 1.51. The molecule has 0 spiro atoms. The molecule has 0 aliphatic carbocycles. The molecule has 0 atom stereocenters. The average molecular weight is 365 g/mol. The SMILES string of the molecule is CC(C)Oc1nsnc1C1=CC=CN(C)C1.I. The monoisotopic (exact) mass is 365 g/mol. The third-order valence-corrected chi connectivity index (χ3v) is 2.68. The van der Waals surface area contributed by atoms with Gasteiger partial charge in [-0.15, -0.1) is 28.4 Å². The van der Waals surface area contributed by atoms with E-state index in [2.05, 4.69) is 19.7 Å². The van der Waals surface area contributed by atoms with Crippen molar-refractivity contribution in [1.29, 1.82) is 0 Å². The molecular weight excluding hydrogens is 349 g/mol. The van der Waals surface area contributed by atoms with Crippen molar-refractivity contribution in [3.05, 3.63) is 24.0 Å². The molecule has 2 heterocycles. The minimum atomic E-state index is 0. The van der Waals surface area contributed by atoms with Crippen molar-refractivity contribution in [2.24, 2.45) is 0 Å². The second-order valence-electron chi connectivity index (χ2n) is 4.03. The summed E-state index contributed by atoms with van der Waals surface area (Å²) in [6.45, 7) is 4.82. The van der Waals surface area contributed by atoms with Gasteiger partial charge in [0.05, 0.1) is 17.8 Å². The van der Waals surface area contributed by atoms with Gasteiger partial charge in [0.25, 0.3) is 5.88 Å². The van der Waals surface area contributed by atoms with E-state index in [4.69, 9.17) is 4.74 Å². The first-order chi connectivity index (χ1) is 7.66. The fourth-order valence-corrected chi connectivity index (χ4v) is 2.03. The third-order valence-electron chi connectivity index (χ3n) is 2.17. The Morgan fingerprint density at radius 2 is 2.18 bits per heavy atom. The van der Waals surface area contributed by atoms with Gasteiger partial charge in [0.15, 0.2) is 0 Å². The molecule has 6 heteroatoms. The highest BCUT2D eigenvalue weighted by Gasteiger charge is 2.17. The van der Waals surface area contributed by atoms with Gasteiger partial charge in [-0.3, -0.25) is 0 Å². The molecule has 94 valence electrons. The summed E-state index contributed by atoms with van der Waals surface area (Å²) in [6.07, 6.45) is 6.23. The van der Waals surface area contributed by atoms with E-state index in [0.717, 1.165) is 17.8 Å². The second-order valence-corrected chi connectivity index (χ2v) is 4.56. The molecule has 0 unspecified atom stereocenters. The van der Waals surface area contributed by atoms with Crippen molar-refractivity contribution in [1.82, 2.24) is 13.6 Å². The van der Waals surface area contributed by atoms with Gasteiger partial charge in [0, 0.05) is 19.2 Å². The summed E-state index contributed by atoms with van der Waals surface area (Å²) >= 11 is 1.19. The highest BCUT2D eigenvalue weighted by atomic mass is 127. The molecule has 4 nitrogen and oxygen atoms in total. The predicted octanol–water partition coefficient (Wildman–Crippen LogP) is 2.79. The molecule has 17 heavy (non-hydrogen) atoms. The van der Waals surface area contributed by atoms with E-state index < -0.39 is 0 Å². The molecule has 0 saturated heterocycles. The Morgan fingerprint density at radius 3 is 2.82 bits per heavy atom. The second kappa shape index (κ2) is 6.34. The molecule has 1 aliphatic rings. The Kier molecular flexibility index (Phi) is 5.38. The smallest absolute Gasteiger partial charge is 0.253 e. The first-order valence-electron chi connectivity index (χ1n) is 5.24. The molecule has 1 aliphatic heterocycles. The van der Waals surface area contributed by atoms with Gasteiger partial charge in [0.2, 0.25) is 0 Å². The number of likely N-dealkylation sites (N-methyl/N-ethyl adjacent to an activating group) is 1. The van der Waals surface area contributed by atoms with Crippen LogP contribution < -0.4 is 4.74 Å². The lowest BCUT2D eigenvalue weighted by Crippen LogP contribution is -2.17. The highest BCUT2D eigenvalue weighted by molar-refractivity contribution is 14.0. The van der Waals surface area contributed by atoms with Crippen LogP contribution in [0.1, 0.15) is 19.5 Å². The van der Waals surface area contributed by atoms with Crippen molar-refractivity contribution in [3.8, 4) is 5.88 Å². The molecule has 0 fully saturated rings. The summed E-state index contributed by atoms with van der Waals surface area (Å²) in [5.74, 6) is 0.648. The number of rotatable bonds is 3. The first-order valence-corrected chi connectivity index (χ1v) is 5.97. The van der Waals surface area contributed by atoms with E-state index in [9.17, 15) is 0 Å². The van der Waals surface area contributed by atoms with Crippen LogP contribution in [0.15, 0.2) is 18.4 Å². The van der Waals surface area contributed by atoms with E-state index in [0.29, 0.717) is 5.88 Å². The van der Waals surface area contributed by atoms with Crippen LogP contribution in [-0.4, -0.2) is 33.3 Å². The maximum absolute atomic E-state index is 5.63. The maximum atomic E-state index is 5.63. The molecule has 0 amide bonds. The van der Waals surface area contributed by atoms with Crippen LogP contribution in [0.25, 0.3) is 5.57 Å². The number of ether oxygens (including phenoxy) is 1. The summed E-state index contributed by atoms with van der Waals surface area (Å²) in [6, 6.07) is 0. The largest absolute Gasteiger partial charge is 0.473 e. The van der Waals surface area contributed by atoms with Crippen LogP contribution in [0, 0.1) is 0 Å². The quantitative estimate of drug-likeness (QED) is 0.773. The summed E-state index contributed by atoms with van der Waals surface area (Å²) in [7, 11) is 2.03. The van der Waals surface area contributed by atoms with Crippen molar-refractivity contribution >= 4 is 41.3 Å². The fraction of sp³-hybridized carbons (Fsp3) is 0.455. The number of hydrogen-bond donors (Lipinski definition) is 0. The Labute approximate surface area is 123 Å². The molecule has 0 radical (unpaired) electrons. The Balaban J connectivity index is 0.00000144. The van der Waals surface area contributed by atoms with E-state index in [1.165, 1.54) is 11.7 Å². The Morgan fingerprint density at radius 1 is 1.41 bits per heavy atom. The van der Waals surface area contributed by atoms with Gasteiger partial charge in [-0.25, -0.2) is 0 Å². The van der Waals surface area contributed by atoms with Crippen LogP contribution in [0.4, 0.5) is 0 Å². The molecule has 2 rings (SSSR count). The van der Waals surface area contributed by atoms with E-state index in [1.54, 1.807) is 0 Å². The van der Waals surface area contributed by atoms with Gasteiger partial charge < -0.3 is 9.64 Å². The highest BCUT2D eigenvalue weighted by Crippen LogP contribution is 2.26. The molecule has 0 aromatic carbocycles. The summed E-state index contributed by atoms with van der Waals surface area (Å²) in [5.41, 5.74) is 2.02. The molecule has 0 N–H and O–H groups in total. The topological polar surface area (TPSA) is 38.3 Å². The number of halogens is 1. The van der Waals surface area contributed by atoms with Gasteiger partial charge in [-0.2, -0.15) is 4.37 Å². The molecular formula is C11H16IN3OS. The number of nitrogens with zero attached hydrogens (tertiary/aromatic N) is 3. The lowest BCUT2D eigenvalue weighted by molar-refractivity contribution is 0.234. The van der Waals surface area contributed by atoms with E-state index in [-0.39, 0.29) is 30.1 Å². The van der Waals surface area contributed by atoms with Gasteiger partial charge in [0.1, 0.15) is 5.69 Å². The average Bonchev–Trinajstić information content (AvgIpc) is 2.65. The Bertz CT molecular complexity index is 428. The van der Waals surface area contributed by atoms with Gasteiger partial charge >= 0.3 is 0 Å². The van der Waals surface area contributed by atoms with Crippen molar-refractivity contribution < 1.29 is 4.74 Å². The van der Waals surface area contributed by atoms with Crippen LogP contribution >= 0.6 is 35.7 Å².